The molecule has 2 aromatic carbocycles. The molecule has 4 rings (SSSR count). The van der Waals surface area contributed by atoms with Crippen LogP contribution in [-0.2, 0) is 6.42 Å². The largest absolute Gasteiger partial charge is 0.437 e. The van der Waals surface area contributed by atoms with Gasteiger partial charge in [-0.25, -0.2) is 4.98 Å². The minimum absolute atomic E-state index is 0.194. The fourth-order valence-electron chi connectivity index (χ4n) is 3.17. The minimum Gasteiger partial charge on any atom is -0.437 e. The maximum Gasteiger partial charge on any atom is 0.262 e. The molecule has 0 amide bonds. The molecule has 29 heavy (non-hydrogen) atoms. The molecule has 2 N–H and O–H groups in total. The summed E-state index contributed by atoms with van der Waals surface area (Å²) in [4.78, 5) is 19.2. The second-order valence-corrected chi connectivity index (χ2v) is 6.74. The van der Waals surface area contributed by atoms with Crippen molar-refractivity contribution < 1.29 is 4.42 Å². The quantitative estimate of drug-likeness (QED) is 0.502. The lowest BCUT2D eigenvalue weighted by Crippen LogP contribution is -2.05. The molecular formula is C24H27N3O2. The average Bonchev–Trinajstić information content (AvgIpc) is 3.16. The van der Waals surface area contributed by atoms with Crippen molar-refractivity contribution >= 4 is 11.1 Å². The first-order valence-corrected chi connectivity index (χ1v) is 9.99. The topological polar surface area (TPSA) is 70.9 Å². The van der Waals surface area contributed by atoms with Crippen LogP contribution in [0.5, 0.6) is 0 Å². The average molecular weight is 389 g/mol. The highest BCUT2D eigenvalue weighted by Gasteiger charge is 2.20. The van der Waals surface area contributed by atoms with E-state index in [1.807, 2.05) is 49.5 Å². The van der Waals surface area contributed by atoms with E-state index in [0.717, 1.165) is 29.7 Å². The Labute approximate surface area is 170 Å². The molecule has 0 aliphatic carbocycles. The van der Waals surface area contributed by atoms with Crippen molar-refractivity contribution in [1.82, 2.24) is 15.3 Å². The van der Waals surface area contributed by atoms with E-state index in [1.54, 1.807) is 0 Å². The van der Waals surface area contributed by atoms with Gasteiger partial charge in [0.1, 0.15) is 11.1 Å². The minimum atomic E-state index is -0.194. The van der Waals surface area contributed by atoms with E-state index in [9.17, 15) is 4.79 Å². The number of furan rings is 1. The molecule has 5 heteroatoms. The molecule has 0 unspecified atom stereocenters. The SMILES string of the molecule is CCCNC.CCc1ccc(-c2c(-c3ccccc3)oc3nc[nH]c(=O)c23)cc1. The Balaban J connectivity index is 0.000000431. The smallest absolute Gasteiger partial charge is 0.262 e. The molecule has 0 radical (unpaired) electrons. The summed E-state index contributed by atoms with van der Waals surface area (Å²) >= 11 is 0. The highest BCUT2D eigenvalue weighted by Crippen LogP contribution is 2.38. The van der Waals surface area contributed by atoms with E-state index >= 15 is 0 Å². The van der Waals surface area contributed by atoms with Crippen molar-refractivity contribution in [1.29, 1.82) is 0 Å². The van der Waals surface area contributed by atoms with Gasteiger partial charge in [0.05, 0.1) is 6.33 Å². The van der Waals surface area contributed by atoms with E-state index in [4.69, 9.17) is 4.42 Å². The lowest BCUT2D eigenvalue weighted by atomic mass is 9.98. The highest BCUT2D eigenvalue weighted by molar-refractivity contribution is 5.99. The second kappa shape index (κ2) is 9.85. The number of fused-ring (bicyclic) bond motifs is 1. The Morgan fingerprint density at radius 2 is 1.72 bits per heavy atom. The lowest BCUT2D eigenvalue weighted by molar-refractivity contribution is 0.618. The first-order valence-electron chi connectivity index (χ1n) is 9.99. The number of benzene rings is 2. The Morgan fingerprint density at radius 3 is 2.31 bits per heavy atom. The zero-order valence-electron chi connectivity index (χ0n) is 17.2. The molecule has 150 valence electrons. The summed E-state index contributed by atoms with van der Waals surface area (Å²) in [7, 11) is 1.96. The van der Waals surface area contributed by atoms with Gasteiger partial charge in [0, 0.05) is 11.1 Å². The fourth-order valence-corrected chi connectivity index (χ4v) is 3.17. The van der Waals surface area contributed by atoms with Crippen LogP contribution in [0.1, 0.15) is 25.8 Å². The molecule has 0 fully saturated rings. The summed E-state index contributed by atoms with van der Waals surface area (Å²) < 4.78 is 5.95. The first-order chi connectivity index (χ1) is 14.2. The molecule has 5 nitrogen and oxygen atoms in total. The van der Waals surface area contributed by atoms with Crippen LogP contribution >= 0.6 is 0 Å². The summed E-state index contributed by atoms with van der Waals surface area (Å²) in [6.07, 6.45) is 3.57. The van der Waals surface area contributed by atoms with Crippen molar-refractivity contribution in [3.63, 3.8) is 0 Å². The maximum atomic E-state index is 12.4. The molecule has 0 atom stereocenters. The van der Waals surface area contributed by atoms with Gasteiger partial charge in [0.2, 0.25) is 5.71 Å². The monoisotopic (exact) mass is 389 g/mol. The molecule has 0 aliphatic heterocycles. The molecule has 0 bridgehead atoms. The predicted octanol–water partition coefficient (Wildman–Crippen LogP) is 5.03. The zero-order valence-corrected chi connectivity index (χ0v) is 17.2. The number of rotatable bonds is 5. The molecule has 2 aromatic heterocycles. The molecule has 0 aliphatic rings. The molecule has 0 saturated heterocycles. The Hall–Kier alpha value is -3.18. The Morgan fingerprint density at radius 1 is 1.00 bits per heavy atom. The summed E-state index contributed by atoms with van der Waals surface area (Å²) in [5, 5.41) is 3.50. The predicted molar refractivity (Wildman–Crippen MR) is 119 cm³/mol. The van der Waals surface area contributed by atoms with E-state index < -0.39 is 0 Å². The number of aryl methyl sites for hydroxylation is 1. The standard InChI is InChI=1S/C20H16N2O2.C4H11N/c1-2-13-8-10-14(11-9-13)16-17-19(23)21-12-22-20(17)24-18(16)15-6-4-3-5-7-15;1-3-4-5-2/h3-12H,2H2,1H3,(H,21,22,23);5H,3-4H2,1-2H3. The summed E-state index contributed by atoms with van der Waals surface area (Å²) in [5.41, 5.74) is 4.06. The maximum absolute atomic E-state index is 12.4. The number of H-pyrrole nitrogens is 1. The van der Waals surface area contributed by atoms with Gasteiger partial charge in [0.15, 0.2) is 0 Å². The van der Waals surface area contributed by atoms with Crippen LogP contribution in [0, 0.1) is 0 Å². The van der Waals surface area contributed by atoms with Gasteiger partial charge in [-0.3, -0.25) is 4.79 Å². The summed E-state index contributed by atoms with van der Waals surface area (Å²) in [6.45, 7) is 5.41. The second-order valence-electron chi connectivity index (χ2n) is 6.74. The third-order valence-corrected chi connectivity index (χ3v) is 4.68. The lowest BCUT2D eigenvalue weighted by Gasteiger charge is -2.05. The van der Waals surface area contributed by atoms with Gasteiger partial charge in [-0.15, -0.1) is 0 Å². The first kappa shape index (κ1) is 20.6. The number of nitrogens with one attached hydrogen (secondary N) is 2. The molecular weight excluding hydrogens is 362 g/mol. The molecule has 0 spiro atoms. The van der Waals surface area contributed by atoms with Gasteiger partial charge in [-0.05, 0) is 37.6 Å². The van der Waals surface area contributed by atoms with Crippen LogP contribution in [0.15, 0.2) is 70.1 Å². The third kappa shape index (κ3) is 4.63. The normalized spacial score (nSPS) is 10.6. The van der Waals surface area contributed by atoms with E-state index in [-0.39, 0.29) is 5.56 Å². The van der Waals surface area contributed by atoms with Crippen molar-refractivity contribution in [3.05, 3.63) is 76.8 Å². The Bertz CT molecular complexity index is 1090. The molecule has 2 heterocycles. The number of hydrogen-bond acceptors (Lipinski definition) is 4. The van der Waals surface area contributed by atoms with Crippen LogP contribution in [0.25, 0.3) is 33.6 Å². The van der Waals surface area contributed by atoms with Gasteiger partial charge in [0.25, 0.3) is 5.56 Å². The zero-order chi connectivity index (χ0) is 20.6. The molecule has 4 aromatic rings. The van der Waals surface area contributed by atoms with Crippen LogP contribution in [-0.4, -0.2) is 23.6 Å². The highest BCUT2D eigenvalue weighted by atomic mass is 16.3. The fraction of sp³-hybridized carbons (Fsp3) is 0.250. The number of aromatic nitrogens is 2. The Kier molecular flexibility index (Phi) is 6.98. The van der Waals surface area contributed by atoms with Crippen molar-refractivity contribution in [3.8, 4) is 22.5 Å². The van der Waals surface area contributed by atoms with Crippen molar-refractivity contribution in [2.75, 3.05) is 13.6 Å². The third-order valence-electron chi connectivity index (χ3n) is 4.68. The summed E-state index contributed by atoms with van der Waals surface area (Å²) in [6, 6.07) is 18.0. The van der Waals surface area contributed by atoms with Crippen LogP contribution < -0.4 is 10.9 Å². The van der Waals surface area contributed by atoms with Crippen molar-refractivity contribution in [2.24, 2.45) is 0 Å². The number of aromatic amines is 1. The summed E-state index contributed by atoms with van der Waals surface area (Å²) in [5.74, 6) is 0.666. The van der Waals surface area contributed by atoms with Gasteiger partial charge in [-0.2, -0.15) is 0 Å². The number of nitrogens with zero attached hydrogens (tertiary/aromatic N) is 1. The molecule has 0 saturated carbocycles. The van der Waals surface area contributed by atoms with Crippen molar-refractivity contribution in [2.45, 2.75) is 26.7 Å². The van der Waals surface area contributed by atoms with Crippen LogP contribution in [0.3, 0.4) is 0 Å². The van der Waals surface area contributed by atoms with E-state index in [1.165, 1.54) is 18.3 Å². The van der Waals surface area contributed by atoms with Crippen LogP contribution in [0.4, 0.5) is 0 Å². The number of hydrogen-bond donors (Lipinski definition) is 2. The van der Waals surface area contributed by atoms with Gasteiger partial charge >= 0.3 is 0 Å². The van der Waals surface area contributed by atoms with E-state index in [2.05, 4.69) is 41.3 Å². The van der Waals surface area contributed by atoms with Gasteiger partial charge in [-0.1, -0.05) is 68.4 Å². The van der Waals surface area contributed by atoms with E-state index in [0.29, 0.717) is 16.9 Å². The van der Waals surface area contributed by atoms with Gasteiger partial charge < -0.3 is 14.7 Å². The van der Waals surface area contributed by atoms with Crippen LogP contribution in [0.2, 0.25) is 0 Å².